The average Bonchev–Trinajstić information content (AvgIpc) is 2.18. The van der Waals surface area contributed by atoms with E-state index in [2.05, 4.69) is 5.10 Å². The summed E-state index contributed by atoms with van der Waals surface area (Å²) < 4.78 is 21.4. The minimum Gasteiger partial charge on any atom is -0.507 e. The first-order valence-electron chi connectivity index (χ1n) is 4.27. The Morgan fingerprint density at radius 1 is 1.53 bits per heavy atom. The van der Waals surface area contributed by atoms with E-state index in [1.165, 1.54) is 0 Å². The molecule has 8 nitrogen and oxygen atoms in total. The summed E-state index contributed by atoms with van der Waals surface area (Å²) in [5.41, 5.74) is -0.195. The third-order valence-corrected chi connectivity index (χ3v) is 2.08. The lowest BCUT2D eigenvalue weighted by molar-refractivity contribution is -0.384. The van der Waals surface area contributed by atoms with Gasteiger partial charge in [-0.25, -0.2) is 13.2 Å². The van der Waals surface area contributed by atoms with Crippen LogP contribution in [0.1, 0.15) is 5.56 Å². The lowest BCUT2D eigenvalue weighted by Crippen LogP contribution is -2.15. The van der Waals surface area contributed by atoms with Crippen LogP contribution in [0.2, 0.25) is 0 Å². The predicted molar refractivity (Wildman–Crippen MR) is 60.3 cm³/mol. The number of nitrogens with one attached hydrogen (secondary N) is 1. The molecule has 0 aliphatic heterocycles. The van der Waals surface area contributed by atoms with Crippen LogP contribution in [-0.4, -0.2) is 30.9 Å². The van der Waals surface area contributed by atoms with Crippen LogP contribution in [0.4, 0.5) is 5.69 Å². The molecule has 1 rings (SSSR count). The normalized spacial score (nSPS) is 11.6. The van der Waals surface area contributed by atoms with Crippen molar-refractivity contribution in [1.82, 2.24) is 4.83 Å². The molecule has 0 amide bonds. The van der Waals surface area contributed by atoms with E-state index in [1.807, 2.05) is 0 Å². The van der Waals surface area contributed by atoms with Crippen molar-refractivity contribution in [1.29, 1.82) is 0 Å². The molecule has 92 valence electrons. The summed E-state index contributed by atoms with van der Waals surface area (Å²) in [7, 11) is -3.50. The van der Waals surface area contributed by atoms with E-state index in [0.717, 1.165) is 30.7 Å². The van der Waals surface area contributed by atoms with Gasteiger partial charge in [-0.1, -0.05) is 0 Å². The highest BCUT2D eigenvalue weighted by Crippen LogP contribution is 2.21. The van der Waals surface area contributed by atoms with Gasteiger partial charge in [-0.15, -0.1) is 0 Å². The van der Waals surface area contributed by atoms with Crippen LogP contribution in [0.25, 0.3) is 0 Å². The van der Waals surface area contributed by atoms with Gasteiger partial charge in [0.1, 0.15) is 5.75 Å². The summed E-state index contributed by atoms with van der Waals surface area (Å²) in [6.45, 7) is 0. The van der Waals surface area contributed by atoms with Gasteiger partial charge in [-0.2, -0.15) is 5.10 Å². The highest BCUT2D eigenvalue weighted by atomic mass is 32.2. The Labute approximate surface area is 96.8 Å². The number of phenols is 1. The second-order valence-electron chi connectivity index (χ2n) is 3.12. The fraction of sp³-hybridized carbons (Fsp3) is 0.125. The van der Waals surface area contributed by atoms with Gasteiger partial charge in [0.15, 0.2) is 0 Å². The molecule has 17 heavy (non-hydrogen) atoms. The van der Waals surface area contributed by atoms with Gasteiger partial charge in [0.25, 0.3) is 5.69 Å². The summed E-state index contributed by atoms with van der Waals surface area (Å²) in [5, 5.41) is 23.1. The molecular weight excluding hydrogens is 250 g/mol. The average molecular weight is 259 g/mol. The number of nitro groups is 1. The maximum absolute atomic E-state index is 10.7. The second kappa shape index (κ2) is 4.78. The molecule has 1 aromatic carbocycles. The summed E-state index contributed by atoms with van der Waals surface area (Å²) in [6, 6.07) is 3.32. The number of nitrogens with zero attached hydrogens (tertiary/aromatic N) is 2. The molecule has 0 aromatic heterocycles. The number of hydrogen-bond acceptors (Lipinski definition) is 6. The van der Waals surface area contributed by atoms with Crippen molar-refractivity contribution in [3.8, 4) is 5.75 Å². The minimum atomic E-state index is -3.50. The Hall–Kier alpha value is -2.16. The summed E-state index contributed by atoms with van der Waals surface area (Å²) >= 11 is 0. The van der Waals surface area contributed by atoms with E-state index < -0.39 is 14.9 Å². The highest BCUT2D eigenvalue weighted by molar-refractivity contribution is 7.88. The number of hydrazone groups is 1. The number of sulfonamides is 1. The largest absolute Gasteiger partial charge is 0.507 e. The van der Waals surface area contributed by atoms with Gasteiger partial charge in [0, 0.05) is 17.7 Å². The van der Waals surface area contributed by atoms with Crippen LogP contribution >= 0.6 is 0 Å². The van der Waals surface area contributed by atoms with Gasteiger partial charge >= 0.3 is 0 Å². The van der Waals surface area contributed by atoms with Crippen molar-refractivity contribution in [2.75, 3.05) is 6.26 Å². The first-order valence-corrected chi connectivity index (χ1v) is 6.16. The second-order valence-corrected chi connectivity index (χ2v) is 4.85. The highest BCUT2D eigenvalue weighted by Gasteiger charge is 2.08. The van der Waals surface area contributed by atoms with E-state index in [-0.39, 0.29) is 17.0 Å². The molecule has 0 spiro atoms. The van der Waals surface area contributed by atoms with E-state index in [9.17, 15) is 23.6 Å². The van der Waals surface area contributed by atoms with Gasteiger partial charge in [-0.3, -0.25) is 10.1 Å². The van der Waals surface area contributed by atoms with Gasteiger partial charge in [0.2, 0.25) is 10.0 Å². The SMILES string of the molecule is CS(=O)(=O)NN=Cc1cc([N+](=O)[O-])ccc1O. The van der Waals surface area contributed by atoms with Crippen LogP contribution in [0.3, 0.4) is 0 Å². The third-order valence-electron chi connectivity index (χ3n) is 1.64. The lowest BCUT2D eigenvalue weighted by atomic mass is 10.2. The van der Waals surface area contributed by atoms with E-state index in [1.54, 1.807) is 4.83 Å². The van der Waals surface area contributed by atoms with Gasteiger partial charge < -0.3 is 5.11 Å². The molecule has 0 radical (unpaired) electrons. The predicted octanol–water partition coefficient (Wildman–Crippen LogP) is 0.183. The molecule has 9 heteroatoms. The van der Waals surface area contributed by atoms with Crippen molar-refractivity contribution < 1.29 is 18.4 Å². The Balaban J connectivity index is 2.98. The molecule has 2 N–H and O–H groups in total. The monoisotopic (exact) mass is 259 g/mol. The molecular formula is C8H9N3O5S. The molecule has 0 atom stereocenters. The zero-order valence-corrected chi connectivity index (χ0v) is 9.51. The third kappa shape index (κ3) is 4.07. The maximum Gasteiger partial charge on any atom is 0.270 e. The van der Waals surface area contributed by atoms with Crippen LogP contribution in [0, 0.1) is 10.1 Å². The maximum atomic E-state index is 10.7. The van der Waals surface area contributed by atoms with Crippen molar-refractivity contribution in [3.05, 3.63) is 33.9 Å². The molecule has 0 fully saturated rings. The van der Waals surface area contributed by atoms with E-state index in [0.29, 0.717) is 0 Å². The van der Waals surface area contributed by atoms with Crippen molar-refractivity contribution in [2.24, 2.45) is 5.10 Å². The fourth-order valence-electron chi connectivity index (χ4n) is 0.951. The Kier molecular flexibility index (Phi) is 3.63. The number of hydrogen-bond donors (Lipinski definition) is 2. The molecule has 0 heterocycles. The fourth-order valence-corrected chi connectivity index (χ4v) is 1.19. The van der Waals surface area contributed by atoms with Crippen molar-refractivity contribution in [2.45, 2.75) is 0 Å². The lowest BCUT2D eigenvalue weighted by Gasteiger charge is -1.99. The van der Waals surface area contributed by atoms with Crippen LogP contribution in [-0.2, 0) is 10.0 Å². The summed E-state index contributed by atoms with van der Waals surface area (Å²) in [5.74, 6) is -0.241. The zero-order chi connectivity index (χ0) is 13.1. The minimum absolute atomic E-state index is 0.0374. The quantitative estimate of drug-likeness (QED) is 0.454. The molecule has 0 aliphatic rings. The number of benzene rings is 1. The number of rotatable bonds is 4. The van der Waals surface area contributed by atoms with Gasteiger partial charge in [0.05, 0.1) is 17.4 Å². The molecule has 0 bridgehead atoms. The number of nitro benzene ring substituents is 1. The number of non-ortho nitro benzene ring substituents is 1. The molecule has 0 unspecified atom stereocenters. The molecule has 0 saturated heterocycles. The first-order chi connectivity index (χ1) is 7.79. The topological polar surface area (TPSA) is 122 Å². The molecule has 0 aliphatic carbocycles. The molecule has 1 aromatic rings. The van der Waals surface area contributed by atoms with Gasteiger partial charge in [-0.05, 0) is 6.07 Å². The zero-order valence-electron chi connectivity index (χ0n) is 8.69. The smallest absolute Gasteiger partial charge is 0.270 e. The van der Waals surface area contributed by atoms with Crippen molar-refractivity contribution in [3.63, 3.8) is 0 Å². The number of aromatic hydroxyl groups is 1. The summed E-state index contributed by atoms with van der Waals surface area (Å²) in [4.78, 5) is 11.6. The Morgan fingerprint density at radius 2 is 2.18 bits per heavy atom. The number of phenolic OH excluding ortho intramolecular Hbond substituents is 1. The van der Waals surface area contributed by atoms with Crippen LogP contribution in [0.15, 0.2) is 23.3 Å². The van der Waals surface area contributed by atoms with E-state index in [4.69, 9.17) is 0 Å². The standard InChI is InChI=1S/C8H9N3O5S/c1-17(15,16)10-9-5-6-4-7(11(13)14)2-3-8(6)12/h2-5,10,12H,1H3. The van der Waals surface area contributed by atoms with Crippen molar-refractivity contribution >= 4 is 21.9 Å². The first kappa shape index (κ1) is 12.9. The van der Waals surface area contributed by atoms with Crippen LogP contribution < -0.4 is 4.83 Å². The Bertz CT molecular complexity index is 567. The van der Waals surface area contributed by atoms with Crippen LogP contribution in [0.5, 0.6) is 5.75 Å². The summed E-state index contributed by atoms with van der Waals surface area (Å²) in [6.07, 6.45) is 1.88. The Morgan fingerprint density at radius 3 is 2.71 bits per heavy atom. The molecule has 0 saturated carbocycles. The van der Waals surface area contributed by atoms with E-state index >= 15 is 0 Å².